The number of nitrogens with one attached hydrogen (secondary N) is 1. The summed E-state index contributed by atoms with van der Waals surface area (Å²) in [5.74, 6) is 0.322. The minimum Gasteiger partial charge on any atom is -0.352 e. The Hall–Kier alpha value is -3.50. The molecule has 4 heteroatoms. The third kappa shape index (κ3) is 3.47. The summed E-state index contributed by atoms with van der Waals surface area (Å²) in [5, 5.41) is 4.97. The minimum atomic E-state index is -0.728. The van der Waals surface area contributed by atoms with Crippen LogP contribution in [-0.4, -0.2) is 4.98 Å². The van der Waals surface area contributed by atoms with Gasteiger partial charge in [0.1, 0.15) is 17.2 Å². The Morgan fingerprint density at radius 2 is 1.12 bits per heavy atom. The third-order valence-corrected chi connectivity index (χ3v) is 6.37. The predicted octanol–water partition coefficient (Wildman–Crippen LogP) is 7.54. The molecular formula is C28H20BrFN2. The Morgan fingerprint density at radius 1 is 0.625 bits per heavy atom. The van der Waals surface area contributed by atoms with E-state index in [0.717, 1.165) is 22.1 Å². The molecule has 0 aliphatic heterocycles. The monoisotopic (exact) mass is 482 g/mol. The molecule has 1 heterocycles. The van der Waals surface area contributed by atoms with Crippen molar-refractivity contribution in [3.05, 3.63) is 142 Å². The lowest BCUT2D eigenvalue weighted by atomic mass is 9.77. The second kappa shape index (κ2) is 8.56. The molecular weight excluding hydrogens is 463 g/mol. The van der Waals surface area contributed by atoms with E-state index in [0.29, 0.717) is 15.7 Å². The van der Waals surface area contributed by atoms with Crippen LogP contribution < -0.4 is 5.32 Å². The van der Waals surface area contributed by atoms with Gasteiger partial charge in [-0.05, 0) is 50.8 Å². The van der Waals surface area contributed by atoms with Gasteiger partial charge in [-0.15, -0.1) is 0 Å². The van der Waals surface area contributed by atoms with Gasteiger partial charge in [0.15, 0.2) is 0 Å². The first-order valence-corrected chi connectivity index (χ1v) is 11.2. The number of nitrogens with zero attached hydrogens (tertiary/aromatic N) is 1. The quantitative estimate of drug-likeness (QED) is 0.261. The summed E-state index contributed by atoms with van der Waals surface area (Å²) in [5.41, 5.74) is 2.46. The van der Waals surface area contributed by atoms with E-state index in [1.807, 2.05) is 60.7 Å². The summed E-state index contributed by atoms with van der Waals surface area (Å²) < 4.78 is 15.3. The third-order valence-electron chi connectivity index (χ3n) is 5.76. The smallest absolute Gasteiger partial charge is 0.145 e. The highest BCUT2D eigenvalue weighted by Crippen LogP contribution is 2.41. The number of aromatic nitrogens is 1. The van der Waals surface area contributed by atoms with E-state index in [4.69, 9.17) is 0 Å². The van der Waals surface area contributed by atoms with Gasteiger partial charge in [0.05, 0.1) is 4.47 Å². The molecule has 5 rings (SSSR count). The van der Waals surface area contributed by atoms with E-state index in [-0.39, 0.29) is 5.82 Å². The van der Waals surface area contributed by atoms with Gasteiger partial charge in [-0.2, -0.15) is 0 Å². The van der Waals surface area contributed by atoms with E-state index >= 15 is 0 Å². The van der Waals surface area contributed by atoms with Crippen molar-refractivity contribution in [2.45, 2.75) is 5.54 Å². The number of rotatable bonds is 5. The number of pyridine rings is 1. The zero-order chi connectivity index (χ0) is 22.0. The van der Waals surface area contributed by atoms with Crippen molar-refractivity contribution in [1.29, 1.82) is 0 Å². The Kier molecular flexibility index (Phi) is 5.46. The van der Waals surface area contributed by atoms with E-state index < -0.39 is 5.54 Å². The number of hydrogen-bond donors (Lipinski definition) is 1. The largest absolute Gasteiger partial charge is 0.352 e. The van der Waals surface area contributed by atoms with Gasteiger partial charge in [-0.3, -0.25) is 0 Å². The zero-order valence-corrected chi connectivity index (χ0v) is 18.8. The van der Waals surface area contributed by atoms with Gasteiger partial charge < -0.3 is 5.32 Å². The van der Waals surface area contributed by atoms with Crippen LogP contribution in [0.4, 0.5) is 10.2 Å². The molecule has 0 spiro atoms. The number of benzene rings is 4. The minimum absolute atomic E-state index is 0.294. The Balaban J connectivity index is 1.82. The van der Waals surface area contributed by atoms with Gasteiger partial charge in [0, 0.05) is 17.0 Å². The summed E-state index contributed by atoms with van der Waals surface area (Å²) in [6.07, 6.45) is 1.64. The van der Waals surface area contributed by atoms with E-state index in [1.54, 1.807) is 18.3 Å². The standard InChI is InChI=1S/C28H20BrFN2/c29-25-17-16-24-23(26(25)30)18-19-31-27(24)32-28(20-10-4-1-5-11-20,21-12-6-2-7-13-21)22-14-8-3-9-15-22/h1-19H,(H,31,32). The van der Waals surface area contributed by atoms with E-state index in [2.05, 4.69) is 62.6 Å². The first-order valence-electron chi connectivity index (χ1n) is 10.4. The maximum absolute atomic E-state index is 14.9. The summed E-state index contributed by atoms with van der Waals surface area (Å²) >= 11 is 3.30. The van der Waals surface area contributed by atoms with E-state index in [1.165, 1.54) is 0 Å². The van der Waals surface area contributed by atoms with E-state index in [9.17, 15) is 4.39 Å². The van der Waals surface area contributed by atoms with Crippen molar-refractivity contribution < 1.29 is 4.39 Å². The number of fused-ring (bicyclic) bond motifs is 1. The number of halogens is 2. The number of anilines is 1. The molecule has 0 saturated heterocycles. The number of hydrogen-bond acceptors (Lipinski definition) is 2. The molecule has 5 aromatic rings. The van der Waals surface area contributed by atoms with Crippen molar-refractivity contribution in [3.8, 4) is 0 Å². The second-order valence-corrected chi connectivity index (χ2v) is 8.44. The van der Waals surface area contributed by atoms with Gasteiger partial charge >= 0.3 is 0 Å². The predicted molar refractivity (Wildman–Crippen MR) is 132 cm³/mol. The average Bonchev–Trinajstić information content (AvgIpc) is 2.86. The summed E-state index contributed by atoms with van der Waals surface area (Å²) in [7, 11) is 0. The lowest BCUT2D eigenvalue weighted by molar-refractivity contribution is 0.633. The fourth-order valence-electron chi connectivity index (χ4n) is 4.25. The molecule has 1 aromatic heterocycles. The molecule has 0 aliphatic carbocycles. The molecule has 156 valence electrons. The lowest BCUT2D eigenvalue weighted by Crippen LogP contribution is -2.38. The molecule has 0 atom stereocenters. The second-order valence-electron chi connectivity index (χ2n) is 7.59. The Morgan fingerprint density at radius 3 is 1.62 bits per heavy atom. The highest BCUT2D eigenvalue weighted by atomic mass is 79.9. The van der Waals surface area contributed by atoms with Crippen LogP contribution in [0.5, 0.6) is 0 Å². The van der Waals surface area contributed by atoms with Gasteiger partial charge in [-0.1, -0.05) is 91.0 Å². The molecule has 2 nitrogen and oxygen atoms in total. The summed E-state index contributed by atoms with van der Waals surface area (Å²) in [6, 6.07) is 36.2. The maximum Gasteiger partial charge on any atom is 0.145 e. The molecule has 0 radical (unpaired) electrons. The van der Waals surface area contributed by atoms with Crippen molar-refractivity contribution in [3.63, 3.8) is 0 Å². The van der Waals surface area contributed by atoms with Crippen molar-refractivity contribution >= 4 is 32.5 Å². The molecule has 0 amide bonds. The van der Waals surface area contributed by atoms with Crippen LogP contribution in [0.3, 0.4) is 0 Å². The van der Waals surface area contributed by atoms with Gasteiger partial charge in [0.25, 0.3) is 0 Å². The topological polar surface area (TPSA) is 24.9 Å². The van der Waals surface area contributed by atoms with Crippen LogP contribution >= 0.6 is 15.9 Å². The lowest BCUT2D eigenvalue weighted by Gasteiger charge is -2.37. The Labute approximate surface area is 194 Å². The van der Waals surface area contributed by atoms with Gasteiger partial charge in [0.2, 0.25) is 0 Å². The Bertz CT molecular complexity index is 1260. The SMILES string of the molecule is Fc1c(Br)ccc2c(NC(c3ccccc3)(c3ccccc3)c3ccccc3)nccc12. The van der Waals surface area contributed by atoms with Crippen LogP contribution in [0.1, 0.15) is 16.7 Å². The first-order chi connectivity index (χ1) is 15.7. The molecule has 0 unspecified atom stereocenters. The van der Waals surface area contributed by atoms with Crippen molar-refractivity contribution in [1.82, 2.24) is 4.98 Å². The van der Waals surface area contributed by atoms with Crippen LogP contribution in [0.15, 0.2) is 120 Å². The van der Waals surface area contributed by atoms with Crippen LogP contribution in [-0.2, 0) is 5.54 Å². The van der Waals surface area contributed by atoms with Crippen molar-refractivity contribution in [2.24, 2.45) is 0 Å². The molecule has 0 aliphatic rings. The molecule has 1 N–H and O–H groups in total. The fourth-order valence-corrected chi connectivity index (χ4v) is 4.60. The molecule has 32 heavy (non-hydrogen) atoms. The molecule has 4 aromatic carbocycles. The fraction of sp³-hybridized carbons (Fsp3) is 0.0357. The van der Waals surface area contributed by atoms with Crippen molar-refractivity contribution in [2.75, 3.05) is 5.32 Å². The highest BCUT2D eigenvalue weighted by molar-refractivity contribution is 9.10. The van der Waals surface area contributed by atoms with Gasteiger partial charge in [-0.25, -0.2) is 9.37 Å². The molecule has 0 bridgehead atoms. The normalized spacial score (nSPS) is 11.4. The van der Waals surface area contributed by atoms with Crippen LogP contribution in [0, 0.1) is 5.82 Å². The maximum atomic E-state index is 14.9. The van der Waals surface area contributed by atoms with Crippen LogP contribution in [0.2, 0.25) is 0 Å². The van der Waals surface area contributed by atoms with Crippen LogP contribution in [0.25, 0.3) is 10.8 Å². The highest BCUT2D eigenvalue weighted by Gasteiger charge is 2.37. The average molecular weight is 483 g/mol. The molecule has 0 saturated carbocycles. The first kappa shape index (κ1) is 20.4. The summed E-state index contributed by atoms with van der Waals surface area (Å²) in [4.78, 5) is 4.65. The summed E-state index contributed by atoms with van der Waals surface area (Å²) in [6.45, 7) is 0. The zero-order valence-electron chi connectivity index (χ0n) is 17.2. The molecule has 0 fully saturated rings.